The molecule has 2 saturated heterocycles. The molecule has 0 unspecified atom stereocenters. The number of sulfonamides is 1. The van der Waals surface area contributed by atoms with Crippen LogP contribution in [0.15, 0.2) is 48.5 Å². The van der Waals surface area contributed by atoms with E-state index in [2.05, 4.69) is 4.72 Å². The summed E-state index contributed by atoms with van der Waals surface area (Å²) in [6.45, 7) is 0.998. The maximum absolute atomic E-state index is 15.7. The molecule has 1 aliphatic carbocycles. The molecule has 1 saturated carbocycles. The van der Waals surface area contributed by atoms with E-state index in [1.165, 1.54) is 4.90 Å². The number of hydrogen-bond acceptors (Lipinski definition) is 4. The van der Waals surface area contributed by atoms with Crippen LogP contribution < -0.4 is 4.72 Å². The fourth-order valence-electron chi connectivity index (χ4n) is 5.13. The van der Waals surface area contributed by atoms with Crippen molar-refractivity contribution in [3.8, 4) is 11.1 Å². The zero-order valence-electron chi connectivity index (χ0n) is 19.2. The molecule has 1 N–H and O–H groups in total. The van der Waals surface area contributed by atoms with Crippen LogP contribution in [0.3, 0.4) is 0 Å². The van der Waals surface area contributed by atoms with Crippen LogP contribution in [0, 0.1) is 11.2 Å². The number of likely N-dealkylation sites (tertiary alicyclic amines) is 1. The summed E-state index contributed by atoms with van der Waals surface area (Å²) in [5.74, 6) is -0.790. The Morgan fingerprint density at radius 2 is 1.86 bits per heavy atom. The minimum atomic E-state index is -5.01. The second-order valence-electron chi connectivity index (χ2n) is 9.80. The van der Waals surface area contributed by atoms with E-state index in [9.17, 15) is 22.0 Å². The van der Waals surface area contributed by atoms with Crippen molar-refractivity contribution in [1.29, 1.82) is 0 Å². The number of alkyl halides is 2. The lowest BCUT2D eigenvalue weighted by molar-refractivity contribution is -0.157. The van der Waals surface area contributed by atoms with Gasteiger partial charge in [-0.15, -0.1) is 0 Å². The average Bonchev–Trinajstić information content (AvgIpc) is 3.49. The number of ether oxygens (including phenoxy) is 1. The van der Waals surface area contributed by atoms with Gasteiger partial charge < -0.3 is 9.64 Å². The highest BCUT2D eigenvalue weighted by atomic mass is 32.2. The molecule has 2 aromatic carbocycles. The van der Waals surface area contributed by atoms with Crippen molar-refractivity contribution in [2.24, 2.45) is 5.41 Å². The topological polar surface area (TPSA) is 75.7 Å². The number of carbonyl (C=O) groups is 1. The lowest BCUT2D eigenvalue weighted by Crippen LogP contribution is -2.54. The van der Waals surface area contributed by atoms with E-state index in [4.69, 9.17) is 4.74 Å². The molecule has 3 aliphatic rings. The molecule has 2 aromatic rings. The molecular formula is C25H27F3N2O4S. The summed E-state index contributed by atoms with van der Waals surface area (Å²) in [6, 6.07) is 12.1. The fourth-order valence-corrected chi connectivity index (χ4v) is 6.08. The van der Waals surface area contributed by atoms with Gasteiger partial charge in [-0.2, -0.15) is 8.78 Å². The number of rotatable bonds is 7. The summed E-state index contributed by atoms with van der Waals surface area (Å²) in [4.78, 5) is 14.7. The van der Waals surface area contributed by atoms with Gasteiger partial charge in [0.05, 0.1) is 18.7 Å². The van der Waals surface area contributed by atoms with Crippen molar-refractivity contribution in [2.75, 3.05) is 13.2 Å². The lowest BCUT2D eigenvalue weighted by Gasteiger charge is -2.34. The van der Waals surface area contributed by atoms with Crippen LogP contribution in [0.2, 0.25) is 0 Å². The minimum absolute atomic E-state index is 0.0187. The number of hydrogen-bond donors (Lipinski definition) is 1. The average molecular weight is 509 g/mol. The van der Waals surface area contributed by atoms with E-state index in [-0.39, 0.29) is 24.4 Å². The highest BCUT2D eigenvalue weighted by molar-refractivity contribution is 7.90. The zero-order valence-corrected chi connectivity index (χ0v) is 20.0. The summed E-state index contributed by atoms with van der Waals surface area (Å²) >= 11 is 0. The van der Waals surface area contributed by atoms with Gasteiger partial charge in [-0.25, -0.2) is 17.5 Å². The van der Waals surface area contributed by atoms with E-state index < -0.39 is 44.7 Å². The van der Waals surface area contributed by atoms with Crippen LogP contribution in [-0.4, -0.2) is 55.8 Å². The van der Waals surface area contributed by atoms with Gasteiger partial charge in [0.2, 0.25) is 0 Å². The summed E-state index contributed by atoms with van der Waals surface area (Å²) in [6.07, 6.45) is 1.06. The molecular weight excluding hydrogens is 481 g/mol. The van der Waals surface area contributed by atoms with Crippen LogP contribution in [0.25, 0.3) is 11.1 Å². The predicted octanol–water partition coefficient (Wildman–Crippen LogP) is 3.72. The van der Waals surface area contributed by atoms with Crippen molar-refractivity contribution in [3.63, 3.8) is 0 Å². The molecule has 0 aromatic heterocycles. The van der Waals surface area contributed by atoms with E-state index in [1.54, 1.807) is 42.5 Å². The van der Waals surface area contributed by atoms with Crippen LogP contribution in [0.1, 0.15) is 31.7 Å². The number of carbonyl (C=O) groups excluding carboxylic acids is 1. The number of benzene rings is 2. The van der Waals surface area contributed by atoms with Crippen LogP contribution in [-0.2, 0) is 26.0 Å². The molecule has 2 heterocycles. The van der Waals surface area contributed by atoms with Crippen LogP contribution in [0.4, 0.5) is 13.2 Å². The third-order valence-corrected chi connectivity index (χ3v) is 8.93. The first-order valence-corrected chi connectivity index (χ1v) is 13.2. The van der Waals surface area contributed by atoms with Crippen LogP contribution >= 0.6 is 0 Å². The number of halogens is 3. The third-order valence-electron chi connectivity index (χ3n) is 7.43. The Morgan fingerprint density at radius 1 is 1.17 bits per heavy atom. The molecule has 188 valence electrons. The van der Waals surface area contributed by atoms with Gasteiger partial charge in [0.15, 0.2) is 0 Å². The molecule has 0 bridgehead atoms. The Morgan fingerprint density at radius 3 is 2.43 bits per heavy atom. The van der Waals surface area contributed by atoms with Gasteiger partial charge in [-0.1, -0.05) is 48.5 Å². The third kappa shape index (κ3) is 4.36. The summed E-state index contributed by atoms with van der Waals surface area (Å²) in [5, 5.41) is -4.00. The molecule has 35 heavy (non-hydrogen) atoms. The Hall–Kier alpha value is -2.43. The van der Waals surface area contributed by atoms with Crippen molar-refractivity contribution in [2.45, 2.75) is 56.0 Å². The predicted molar refractivity (Wildman–Crippen MR) is 124 cm³/mol. The van der Waals surface area contributed by atoms with Gasteiger partial charge >= 0.3 is 5.25 Å². The van der Waals surface area contributed by atoms with Gasteiger partial charge in [-0.3, -0.25) is 4.79 Å². The molecule has 10 heteroatoms. The Labute approximate surface area is 202 Å². The van der Waals surface area contributed by atoms with Crippen molar-refractivity contribution < 1.29 is 31.1 Å². The SMILES string of the molecule is CC(F)(F)S(=O)(=O)N[C@@H]1[C@H](Cc2cccc(-c3ccccc3)c2F)N(C(=O)[C@H]2CCO2)CC12CC2. The molecule has 2 aliphatic heterocycles. The molecule has 1 amide bonds. The zero-order chi connectivity index (χ0) is 25.0. The Balaban J connectivity index is 1.52. The first kappa shape index (κ1) is 24.3. The van der Waals surface area contributed by atoms with E-state index in [1.807, 2.05) is 6.07 Å². The van der Waals surface area contributed by atoms with Crippen molar-refractivity contribution in [3.05, 3.63) is 59.9 Å². The highest BCUT2D eigenvalue weighted by Gasteiger charge is 2.63. The number of nitrogens with one attached hydrogen (secondary N) is 1. The maximum atomic E-state index is 15.7. The molecule has 1 spiro atoms. The fraction of sp³-hybridized carbons (Fsp3) is 0.480. The molecule has 5 rings (SSSR count). The van der Waals surface area contributed by atoms with Crippen LogP contribution in [0.5, 0.6) is 0 Å². The second-order valence-corrected chi connectivity index (χ2v) is 11.8. The van der Waals surface area contributed by atoms with Crippen molar-refractivity contribution >= 4 is 15.9 Å². The van der Waals surface area contributed by atoms with Crippen molar-refractivity contribution in [1.82, 2.24) is 9.62 Å². The normalized spacial score (nSPS) is 25.5. The first-order chi connectivity index (χ1) is 16.5. The molecule has 0 radical (unpaired) electrons. The summed E-state index contributed by atoms with van der Waals surface area (Å²) in [7, 11) is -5.01. The van der Waals surface area contributed by atoms with E-state index in [0.717, 1.165) is 0 Å². The maximum Gasteiger partial charge on any atom is 0.356 e. The minimum Gasteiger partial charge on any atom is -0.368 e. The van der Waals surface area contributed by atoms with Gasteiger partial charge in [0, 0.05) is 30.9 Å². The lowest BCUT2D eigenvalue weighted by atomic mass is 9.91. The standard InChI is InChI=1S/C25H27F3N2O4S/c1-24(27,28)35(32,33)29-22-19(30(15-25(22)11-12-25)23(31)20-10-13-34-20)14-17-8-5-9-18(21(17)26)16-6-3-2-4-7-16/h2-9,19-20,22,29H,10-15H2,1H3/t19-,20+,22+/m0/s1. The Kier molecular flexibility index (Phi) is 5.96. The van der Waals surface area contributed by atoms with Gasteiger partial charge in [0.25, 0.3) is 15.9 Å². The van der Waals surface area contributed by atoms with E-state index in [0.29, 0.717) is 43.9 Å². The first-order valence-electron chi connectivity index (χ1n) is 11.7. The Bertz CT molecular complexity index is 1230. The summed E-state index contributed by atoms with van der Waals surface area (Å²) in [5.41, 5.74) is 0.694. The molecule has 3 fully saturated rings. The molecule has 3 atom stereocenters. The smallest absolute Gasteiger partial charge is 0.356 e. The highest BCUT2D eigenvalue weighted by Crippen LogP contribution is 2.56. The monoisotopic (exact) mass is 508 g/mol. The van der Waals surface area contributed by atoms with Gasteiger partial charge in [0.1, 0.15) is 11.9 Å². The largest absolute Gasteiger partial charge is 0.368 e. The van der Waals surface area contributed by atoms with E-state index >= 15 is 4.39 Å². The van der Waals surface area contributed by atoms with Gasteiger partial charge in [-0.05, 0) is 30.4 Å². The second kappa shape index (κ2) is 8.60. The number of nitrogens with zero attached hydrogens (tertiary/aromatic N) is 1. The summed E-state index contributed by atoms with van der Waals surface area (Å²) < 4.78 is 75.9. The quantitative estimate of drug-likeness (QED) is 0.619. The number of amides is 1. The molecule has 6 nitrogen and oxygen atoms in total.